The topological polar surface area (TPSA) is 59.2 Å². The molecule has 1 amide bonds. The molecule has 0 aliphatic carbocycles. The molecule has 128 valence electrons. The van der Waals surface area contributed by atoms with Crippen LogP contribution in [0.15, 0.2) is 40.4 Å². The van der Waals surface area contributed by atoms with Crippen LogP contribution >= 0.6 is 11.6 Å². The van der Waals surface area contributed by atoms with Gasteiger partial charge in [0.15, 0.2) is 0 Å². The normalized spacial score (nSPS) is 11.9. The molecule has 0 fully saturated rings. The molecule has 5 nitrogen and oxygen atoms in total. The van der Waals surface area contributed by atoms with Crippen LogP contribution in [0.4, 0.5) is 13.2 Å². The smallest absolute Gasteiger partial charge is 0.338 e. The summed E-state index contributed by atoms with van der Waals surface area (Å²) in [6.07, 6.45) is -2.51. The van der Waals surface area contributed by atoms with Crippen LogP contribution in [0.25, 0.3) is 0 Å². The highest BCUT2D eigenvalue weighted by Crippen LogP contribution is 2.29. The first-order valence-corrected chi connectivity index (χ1v) is 7.24. The van der Waals surface area contributed by atoms with Gasteiger partial charge in [0.25, 0.3) is 11.7 Å². The Morgan fingerprint density at radius 3 is 2.58 bits per heavy atom. The summed E-state index contributed by atoms with van der Waals surface area (Å²) in [7, 11) is 1.49. The van der Waals surface area contributed by atoms with Crippen LogP contribution in [0.2, 0.25) is 0 Å². The van der Waals surface area contributed by atoms with E-state index in [2.05, 4.69) is 10.1 Å². The zero-order chi connectivity index (χ0) is 17.7. The molecule has 1 aromatic heterocycles. The van der Waals surface area contributed by atoms with Crippen LogP contribution in [-0.2, 0) is 19.1 Å². The lowest BCUT2D eigenvalue weighted by Crippen LogP contribution is -2.27. The third kappa shape index (κ3) is 4.58. The number of hydrogen-bond acceptors (Lipinski definition) is 4. The SMILES string of the molecule is CN(Cc1ccc(C(F)(F)F)cc1)C(=O)c1noc(C/C=C/Cl)n1. The van der Waals surface area contributed by atoms with Crippen molar-refractivity contribution >= 4 is 17.5 Å². The van der Waals surface area contributed by atoms with E-state index in [1.54, 1.807) is 6.08 Å². The van der Waals surface area contributed by atoms with Crippen molar-refractivity contribution in [2.24, 2.45) is 0 Å². The number of carbonyl (C=O) groups is 1. The molecule has 0 atom stereocenters. The highest BCUT2D eigenvalue weighted by Gasteiger charge is 2.30. The second-order valence-electron chi connectivity index (χ2n) is 4.93. The molecule has 0 saturated carbocycles. The number of rotatable bonds is 5. The third-order valence-electron chi connectivity index (χ3n) is 3.09. The second kappa shape index (κ2) is 7.48. The number of allylic oxidation sites excluding steroid dienone is 1. The van der Waals surface area contributed by atoms with E-state index in [0.717, 1.165) is 12.1 Å². The van der Waals surface area contributed by atoms with Crippen LogP contribution < -0.4 is 0 Å². The van der Waals surface area contributed by atoms with E-state index in [4.69, 9.17) is 16.1 Å². The average molecular weight is 360 g/mol. The van der Waals surface area contributed by atoms with Crippen molar-refractivity contribution in [1.29, 1.82) is 0 Å². The van der Waals surface area contributed by atoms with E-state index >= 15 is 0 Å². The quantitative estimate of drug-likeness (QED) is 0.817. The number of halogens is 4. The number of benzene rings is 1. The van der Waals surface area contributed by atoms with E-state index in [1.165, 1.54) is 29.6 Å². The molecule has 1 aromatic carbocycles. The summed E-state index contributed by atoms with van der Waals surface area (Å²) in [6.45, 7) is 0.114. The van der Waals surface area contributed by atoms with Gasteiger partial charge in [-0.05, 0) is 17.7 Å². The lowest BCUT2D eigenvalue weighted by molar-refractivity contribution is -0.137. The summed E-state index contributed by atoms with van der Waals surface area (Å²) < 4.78 is 42.5. The molecule has 24 heavy (non-hydrogen) atoms. The van der Waals surface area contributed by atoms with Gasteiger partial charge in [-0.1, -0.05) is 35.0 Å². The molecule has 9 heteroatoms. The Labute approximate surface area is 140 Å². The number of amides is 1. The first kappa shape index (κ1) is 18.0. The average Bonchev–Trinajstić information content (AvgIpc) is 3.00. The molecule has 2 rings (SSSR count). The van der Waals surface area contributed by atoms with Crippen molar-refractivity contribution in [3.8, 4) is 0 Å². The largest absolute Gasteiger partial charge is 0.416 e. The Hall–Kier alpha value is -2.35. The molecular weight excluding hydrogens is 347 g/mol. The van der Waals surface area contributed by atoms with Gasteiger partial charge in [0.1, 0.15) is 0 Å². The molecule has 1 heterocycles. The van der Waals surface area contributed by atoms with Crippen LogP contribution in [0, 0.1) is 0 Å². The fourth-order valence-electron chi connectivity index (χ4n) is 1.89. The maximum absolute atomic E-state index is 12.5. The van der Waals surface area contributed by atoms with Crippen LogP contribution in [0.5, 0.6) is 0 Å². The molecule has 0 unspecified atom stereocenters. The van der Waals surface area contributed by atoms with Gasteiger partial charge in [0.05, 0.1) is 5.56 Å². The molecule has 0 aliphatic heterocycles. The lowest BCUT2D eigenvalue weighted by atomic mass is 10.1. The minimum Gasteiger partial charge on any atom is -0.338 e. The van der Waals surface area contributed by atoms with Crippen molar-refractivity contribution in [2.75, 3.05) is 7.05 Å². The predicted molar refractivity (Wildman–Crippen MR) is 80.2 cm³/mol. The van der Waals surface area contributed by atoms with E-state index in [-0.39, 0.29) is 18.3 Å². The van der Waals surface area contributed by atoms with Gasteiger partial charge < -0.3 is 9.42 Å². The van der Waals surface area contributed by atoms with Gasteiger partial charge in [0.2, 0.25) is 5.89 Å². The molecule has 0 saturated heterocycles. The number of hydrogen-bond donors (Lipinski definition) is 0. The molecule has 0 spiro atoms. The maximum atomic E-state index is 12.5. The molecule has 0 bridgehead atoms. The fraction of sp³-hybridized carbons (Fsp3) is 0.267. The minimum absolute atomic E-state index is 0.114. The number of alkyl halides is 3. The number of nitrogens with zero attached hydrogens (tertiary/aromatic N) is 3. The van der Waals surface area contributed by atoms with Crippen LogP contribution in [0.1, 0.15) is 27.6 Å². The molecule has 0 N–H and O–H groups in total. The Morgan fingerprint density at radius 2 is 2.00 bits per heavy atom. The van der Waals surface area contributed by atoms with E-state index in [1.807, 2.05) is 0 Å². The Bertz CT molecular complexity index is 726. The zero-order valence-corrected chi connectivity index (χ0v) is 13.3. The minimum atomic E-state index is -4.39. The van der Waals surface area contributed by atoms with Crippen molar-refractivity contribution in [3.63, 3.8) is 0 Å². The summed E-state index contributed by atoms with van der Waals surface area (Å²) >= 11 is 5.38. The van der Waals surface area contributed by atoms with Crippen molar-refractivity contribution < 1.29 is 22.5 Å². The van der Waals surface area contributed by atoms with E-state index in [0.29, 0.717) is 12.0 Å². The predicted octanol–water partition coefficient (Wildman–Crippen LogP) is 3.66. The molecule has 2 aromatic rings. The molecular formula is C15H13ClF3N3O2. The summed E-state index contributed by atoms with van der Waals surface area (Å²) in [5.41, 5.74) is 1.10. The van der Waals surface area contributed by atoms with E-state index in [9.17, 15) is 18.0 Å². The fourth-order valence-corrected chi connectivity index (χ4v) is 1.97. The highest BCUT2D eigenvalue weighted by molar-refractivity contribution is 6.25. The van der Waals surface area contributed by atoms with Crippen molar-refractivity contribution in [3.05, 3.63) is 58.7 Å². The Morgan fingerprint density at radius 1 is 1.33 bits per heavy atom. The van der Waals surface area contributed by atoms with Gasteiger partial charge >= 0.3 is 6.18 Å². The van der Waals surface area contributed by atoms with Gasteiger partial charge in [-0.25, -0.2) is 0 Å². The summed E-state index contributed by atoms with van der Waals surface area (Å²) in [5.74, 6) is -0.389. The van der Waals surface area contributed by atoms with Gasteiger partial charge in [-0.2, -0.15) is 18.2 Å². The standard InChI is InChI=1S/C15H13ClF3N3O2/c1-22(9-10-4-6-11(7-5-10)15(17,18)19)14(23)13-20-12(24-21-13)3-2-8-16/h2,4-8H,3,9H2,1H3/b8-2+. The maximum Gasteiger partial charge on any atom is 0.416 e. The third-order valence-corrected chi connectivity index (χ3v) is 3.27. The van der Waals surface area contributed by atoms with Gasteiger partial charge in [0, 0.05) is 25.5 Å². The summed E-state index contributed by atoms with van der Waals surface area (Å²) in [4.78, 5) is 17.4. The first-order valence-electron chi connectivity index (χ1n) is 6.80. The monoisotopic (exact) mass is 359 g/mol. The Kier molecular flexibility index (Phi) is 5.61. The van der Waals surface area contributed by atoms with Gasteiger partial charge in [-0.15, -0.1) is 0 Å². The molecule has 0 radical (unpaired) electrons. The lowest BCUT2D eigenvalue weighted by Gasteiger charge is -2.15. The summed E-state index contributed by atoms with van der Waals surface area (Å²) in [5, 5.41) is 3.58. The van der Waals surface area contributed by atoms with Crippen LogP contribution in [0.3, 0.4) is 0 Å². The number of aromatic nitrogens is 2. The number of carbonyl (C=O) groups excluding carboxylic acids is 1. The van der Waals surface area contributed by atoms with Crippen molar-refractivity contribution in [2.45, 2.75) is 19.1 Å². The van der Waals surface area contributed by atoms with Gasteiger partial charge in [-0.3, -0.25) is 4.79 Å². The zero-order valence-electron chi connectivity index (χ0n) is 12.5. The first-order chi connectivity index (χ1) is 11.3. The molecule has 0 aliphatic rings. The summed E-state index contributed by atoms with van der Waals surface area (Å²) in [6, 6.07) is 4.58. The van der Waals surface area contributed by atoms with Crippen LogP contribution in [-0.4, -0.2) is 28.0 Å². The highest BCUT2D eigenvalue weighted by atomic mass is 35.5. The second-order valence-corrected chi connectivity index (χ2v) is 5.19. The van der Waals surface area contributed by atoms with Crippen molar-refractivity contribution in [1.82, 2.24) is 15.0 Å². The Balaban J connectivity index is 2.02. The van der Waals surface area contributed by atoms with E-state index < -0.39 is 17.6 Å².